The van der Waals surface area contributed by atoms with E-state index < -0.39 is 33.1 Å². The first-order chi connectivity index (χ1) is 9.90. The molecule has 1 saturated heterocycles. The average molecular weight is 323 g/mol. The number of epoxide rings is 1. The molecule has 122 valence electrons. The summed E-state index contributed by atoms with van der Waals surface area (Å²) in [7, 11) is -3.59. The SMILES string of the molecule is C=C([O-])OCOP(=O)(CC1OC1CC)OCOC(=O)CC. The van der Waals surface area contributed by atoms with Crippen LogP contribution in [0.4, 0.5) is 0 Å². The quantitative estimate of drug-likeness (QED) is 0.183. The summed E-state index contributed by atoms with van der Waals surface area (Å²) in [6, 6.07) is 0. The molecule has 0 aromatic heterocycles. The van der Waals surface area contributed by atoms with E-state index in [1.54, 1.807) is 6.92 Å². The Bertz CT molecular complexity index is 410. The van der Waals surface area contributed by atoms with Crippen LogP contribution in [0.2, 0.25) is 0 Å². The number of carbonyl (C=O) groups is 1. The van der Waals surface area contributed by atoms with E-state index in [0.717, 1.165) is 6.42 Å². The summed E-state index contributed by atoms with van der Waals surface area (Å²) in [5, 5.41) is 10.6. The van der Waals surface area contributed by atoms with E-state index in [1.165, 1.54) is 0 Å². The van der Waals surface area contributed by atoms with E-state index in [-0.39, 0.29) is 24.8 Å². The van der Waals surface area contributed by atoms with Crippen molar-refractivity contribution >= 4 is 13.6 Å². The van der Waals surface area contributed by atoms with Crippen molar-refractivity contribution in [2.45, 2.75) is 38.9 Å². The van der Waals surface area contributed by atoms with Gasteiger partial charge in [0.25, 0.3) is 0 Å². The maximum atomic E-state index is 12.4. The molecule has 0 radical (unpaired) electrons. The Morgan fingerprint density at radius 1 is 1.24 bits per heavy atom. The summed E-state index contributed by atoms with van der Waals surface area (Å²) in [5.41, 5.74) is 0. The van der Waals surface area contributed by atoms with Crippen LogP contribution < -0.4 is 5.11 Å². The van der Waals surface area contributed by atoms with Gasteiger partial charge in [-0.1, -0.05) is 20.4 Å². The fraction of sp³-hybridized carbons (Fsp3) is 0.750. The van der Waals surface area contributed by atoms with Crippen LogP contribution in [0, 0.1) is 0 Å². The molecule has 1 aliphatic heterocycles. The molecule has 0 saturated carbocycles. The smallest absolute Gasteiger partial charge is 0.337 e. The molecule has 0 spiro atoms. The molecule has 8 nitrogen and oxygen atoms in total. The lowest BCUT2D eigenvalue weighted by molar-refractivity contribution is -0.361. The third kappa shape index (κ3) is 6.95. The fourth-order valence-corrected chi connectivity index (χ4v) is 2.98. The molecule has 21 heavy (non-hydrogen) atoms. The van der Waals surface area contributed by atoms with Gasteiger partial charge in [0, 0.05) is 12.4 Å². The molecule has 0 amide bonds. The van der Waals surface area contributed by atoms with Gasteiger partial charge in [-0.3, -0.25) is 18.4 Å². The minimum Gasteiger partial charge on any atom is -0.588 e. The lowest BCUT2D eigenvalue weighted by Crippen LogP contribution is -2.14. The molecule has 3 atom stereocenters. The van der Waals surface area contributed by atoms with Gasteiger partial charge in [-0.25, -0.2) is 0 Å². The third-order valence-corrected chi connectivity index (χ3v) is 4.53. The van der Waals surface area contributed by atoms with Crippen molar-refractivity contribution in [1.82, 2.24) is 0 Å². The molecule has 1 aliphatic rings. The minimum atomic E-state index is -3.59. The van der Waals surface area contributed by atoms with Gasteiger partial charge in [-0.2, -0.15) is 0 Å². The lowest BCUT2D eigenvalue weighted by atomic mass is 10.3. The summed E-state index contributed by atoms with van der Waals surface area (Å²) < 4.78 is 36.9. The van der Waals surface area contributed by atoms with Crippen molar-refractivity contribution in [3.63, 3.8) is 0 Å². The zero-order valence-electron chi connectivity index (χ0n) is 12.1. The molecule has 0 aromatic rings. The second-order valence-electron chi connectivity index (χ2n) is 4.29. The van der Waals surface area contributed by atoms with Gasteiger partial charge in [0.15, 0.2) is 0 Å². The van der Waals surface area contributed by atoms with Crippen LogP contribution in [-0.4, -0.2) is 37.9 Å². The summed E-state index contributed by atoms with van der Waals surface area (Å²) in [6.07, 6.45) is 0.738. The van der Waals surface area contributed by atoms with Crippen LogP contribution in [-0.2, 0) is 32.6 Å². The van der Waals surface area contributed by atoms with Crippen LogP contribution in [0.3, 0.4) is 0 Å². The normalized spacial score (nSPS) is 23.1. The van der Waals surface area contributed by atoms with Gasteiger partial charge in [-0.05, 0) is 6.42 Å². The summed E-state index contributed by atoms with van der Waals surface area (Å²) in [5.74, 6) is -1.30. The van der Waals surface area contributed by atoms with Gasteiger partial charge in [0.05, 0.1) is 18.4 Å². The first kappa shape index (κ1) is 18.0. The molecule has 0 aromatic carbocycles. The number of ether oxygens (including phenoxy) is 3. The Kier molecular flexibility index (Phi) is 7.17. The Morgan fingerprint density at radius 3 is 2.33 bits per heavy atom. The predicted octanol–water partition coefficient (Wildman–Crippen LogP) is 1.11. The fourth-order valence-electron chi connectivity index (χ4n) is 1.51. The Balaban J connectivity index is 2.45. The molecule has 1 heterocycles. The third-order valence-electron chi connectivity index (χ3n) is 2.72. The topological polar surface area (TPSA) is 107 Å². The molecule has 9 heteroatoms. The molecule has 0 aliphatic carbocycles. The van der Waals surface area contributed by atoms with Gasteiger partial charge in [-0.15, -0.1) is 0 Å². The van der Waals surface area contributed by atoms with E-state index in [0.29, 0.717) is 0 Å². The number of carbonyl (C=O) groups excluding carboxylic acids is 1. The summed E-state index contributed by atoms with van der Waals surface area (Å²) >= 11 is 0. The van der Waals surface area contributed by atoms with Crippen LogP contribution in [0.25, 0.3) is 0 Å². The van der Waals surface area contributed by atoms with Crippen LogP contribution in [0.5, 0.6) is 0 Å². The molecular weight excluding hydrogens is 303 g/mol. The summed E-state index contributed by atoms with van der Waals surface area (Å²) in [4.78, 5) is 11.0. The number of esters is 1. The maximum absolute atomic E-state index is 12.4. The molecule has 1 rings (SSSR count). The van der Waals surface area contributed by atoms with E-state index in [9.17, 15) is 14.5 Å². The van der Waals surface area contributed by atoms with Gasteiger partial charge in [0.1, 0.15) is 6.79 Å². The van der Waals surface area contributed by atoms with Crippen molar-refractivity contribution in [1.29, 1.82) is 0 Å². The predicted molar refractivity (Wildman–Crippen MR) is 69.9 cm³/mol. The highest BCUT2D eigenvalue weighted by molar-refractivity contribution is 7.53. The van der Waals surface area contributed by atoms with Crippen LogP contribution in [0.1, 0.15) is 26.7 Å². The Labute approximate surface area is 123 Å². The number of hydrogen-bond donors (Lipinski definition) is 0. The zero-order chi connectivity index (χ0) is 15.9. The first-order valence-electron chi connectivity index (χ1n) is 6.58. The molecular formula is C12H20O8P-. The number of rotatable bonds is 11. The number of hydrogen-bond acceptors (Lipinski definition) is 8. The minimum absolute atomic E-state index is 0.00384. The monoisotopic (exact) mass is 323 g/mol. The van der Waals surface area contributed by atoms with Crippen molar-refractivity contribution in [2.24, 2.45) is 0 Å². The lowest BCUT2D eigenvalue weighted by Gasteiger charge is -2.21. The molecule has 0 bridgehead atoms. The van der Waals surface area contributed by atoms with Crippen LogP contribution in [0.15, 0.2) is 12.5 Å². The zero-order valence-corrected chi connectivity index (χ0v) is 13.0. The van der Waals surface area contributed by atoms with Gasteiger partial charge >= 0.3 is 13.6 Å². The van der Waals surface area contributed by atoms with Crippen molar-refractivity contribution in [3.8, 4) is 0 Å². The largest absolute Gasteiger partial charge is 0.588 e. The van der Waals surface area contributed by atoms with Crippen molar-refractivity contribution in [2.75, 3.05) is 19.7 Å². The Morgan fingerprint density at radius 2 is 1.86 bits per heavy atom. The van der Waals surface area contributed by atoms with Crippen molar-refractivity contribution in [3.05, 3.63) is 12.5 Å². The van der Waals surface area contributed by atoms with E-state index in [2.05, 4.69) is 11.3 Å². The average Bonchev–Trinajstić information content (AvgIpc) is 3.15. The maximum Gasteiger partial charge on any atom is 0.337 e. The summed E-state index contributed by atoms with van der Waals surface area (Å²) in [6.45, 7) is 5.50. The highest BCUT2D eigenvalue weighted by atomic mass is 31.2. The van der Waals surface area contributed by atoms with Gasteiger partial charge < -0.3 is 19.3 Å². The molecule has 1 fully saturated rings. The second-order valence-corrected chi connectivity index (χ2v) is 6.40. The Hall–Kier alpha value is -1.08. The highest BCUT2D eigenvalue weighted by Gasteiger charge is 2.44. The van der Waals surface area contributed by atoms with E-state index in [4.69, 9.17) is 18.5 Å². The van der Waals surface area contributed by atoms with E-state index >= 15 is 0 Å². The van der Waals surface area contributed by atoms with Gasteiger partial charge in [0.2, 0.25) is 6.79 Å². The second kappa shape index (κ2) is 8.38. The molecule has 3 unspecified atom stereocenters. The first-order valence-corrected chi connectivity index (χ1v) is 8.31. The van der Waals surface area contributed by atoms with Crippen molar-refractivity contribution < 1.29 is 37.7 Å². The van der Waals surface area contributed by atoms with Crippen LogP contribution >= 0.6 is 7.60 Å². The standard InChI is InChI=1S/C12H21O8P/c1-4-10-11(20-10)6-21(15,18-7-16-9(3)13)19-8-17-12(14)5-2/h10-11,13H,3-8H2,1-2H3/p-1. The van der Waals surface area contributed by atoms with E-state index in [1.807, 2.05) is 6.92 Å². The molecule has 0 N–H and O–H groups in total. The highest BCUT2D eigenvalue weighted by Crippen LogP contribution is 2.52.